The number of aromatic nitrogens is 1. The molecule has 1 atom stereocenters. The molecule has 2 rings (SSSR count). The third-order valence-electron chi connectivity index (χ3n) is 3.46. The monoisotopic (exact) mass is 321 g/mol. The van der Waals surface area contributed by atoms with Gasteiger partial charge in [-0.15, -0.1) is 11.3 Å². The van der Waals surface area contributed by atoms with Crippen LogP contribution >= 0.6 is 11.3 Å². The Bertz CT molecular complexity index is 617. The van der Waals surface area contributed by atoms with E-state index in [9.17, 15) is 4.79 Å². The smallest absolute Gasteiger partial charge is 0.263 e. The molecule has 0 fully saturated rings. The van der Waals surface area contributed by atoms with E-state index in [1.165, 1.54) is 11.3 Å². The lowest BCUT2D eigenvalue weighted by Crippen LogP contribution is -2.34. The first-order chi connectivity index (χ1) is 10.4. The van der Waals surface area contributed by atoms with Crippen LogP contribution in [-0.2, 0) is 0 Å². The van der Waals surface area contributed by atoms with Crippen LogP contribution < -0.4 is 5.32 Å². The average Bonchev–Trinajstić information content (AvgIpc) is 3.08. The van der Waals surface area contributed by atoms with E-state index in [2.05, 4.69) is 24.1 Å². The molecular formula is C16H23N3O2S. The molecule has 2 aromatic heterocycles. The third-order valence-corrected chi connectivity index (χ3v) is 4.92. The van der Waals surface area contributed by atoms with Gasteiger partial charge in [0, 0.05) is 12.5 Å². The normalized spacial score (nSPS) is 12.9. The fourth-order valence-electron chi connectivity index (χ4n) is 2.16. The SMILES string of the molecule is Cc1nc(C(C)C)sc1C(=O)NC[C@H](c1ccco1)N(C)C. The Labute approximate surface area is 135 Å². The minimum absolute atomic E-state index is 0.0109. The zero-order valence-corrected chi connectivity index (χ0v) is 14.5. The van der Waals surface area contributed by atoms with Crippen LogP contribution in [0.2, 0.25) is 0 Å². The summed E-state index contributed by atoms with van der Waals surface area (Å²) < 4.78 is 5.45. The van der Waals surface area contributed by atoms with E-state index in [4.69, 9.17) is 4.42 Å². The molecule has 0 aromatic carbocycles. The first-order valence-electron chi connectivity index (χ1n) is 7.35. The largest absolute Gasteiger partial charge is 0.468 e. The van der Waals surface area contributed by atoms with Crippen molar-refractivity contribution in [2.75, 3.05) is 20.6 Å². The fraction of sp³-hybridized carbons (Fsp3) is 0.500. The van der Waals surface area contributed by atoms with Crippen molar-refractivity contribution in [2.24, 2.45) is 0 Å². The number of nitrogens with one attached hydrogen (secondary N) is 1. The number of rotatable bonds is 6. The maximum absolute atomic E-state index is 12.4. The van der Waals surface area contributed by atoms with Crippen molar-refractivity contribution in [3.63, 3.8) is 0 Å². The summed E-state index contributed by atoms with van der Waals surface area (Å²) >= 11 is 1.47. The number of thiazole rings is 1. The lowest BCUT2D eigenvalue weighted by Gasteiger charge is -2.22. The molecule has 2 aromatic rings. The van der Waals surface area contributed by atoms with Crippen LogP contribution in [0.1, 0.15) is 51.9 Å². The van der Waals surface area contributed by atoms with Crippen LogP contribution in [0.3, 0.4) is 0 Å². The molecule has 22 heavy (non-hydrogen) atoms. The zero-order chi connectivity index (χ0) is 16.3. The molecule has 0 radical (unpaired) electrons. The summed E-state index contributed by atoms with van der Waals surface area (Å²) in [6.07, 6.45) is 1.65. The van der Waals surface area contributed by atoms with E-state index in [1.807, 2.05) is 38.1 Å². The molecule has 0 saturated carbocycles. The van der Waals surface area contributed by atoms with Crippen LogP contribution in [0, 0.1) is 6.92 Å². The number of hydrogen-bond acceptors (Lipinski definition) is 5. The lowest BCUT2D eigenvalue weighted by molar-refractivity contribution is 0.0942. The number of nitrogens with zero attached hydrogens (tertiary/aromatic N) is 2. The summed E-state index contributed by atoms with van der Waals surface area (Å²) in [5.41, 5.74) is 0.797. The van der Waals surface area contributed by atoms with Gasteiger partial charge < -0.3 is 9.73 Å². The van der Waals surface area contributed by atoms with Crippen LogP contribution in [0.5, 0.6) is 0 Å². The summed E-state index contributed by atoms with van der Waals surface area (Å²) in [7, 11) is 3.93. The molecule has 6 heteroatoms. The van der Waals surface area contributed by atoms with Gasteiger partial charge in [0.15, 0.2) is 0 Å². The molecule has 120 valence electrons. The highest BCUT2D eigenvalue weighted by Crippen LogP contribution is 2.25. The standard InChI is InChI=1S/C16H23N3O2S/c1-10(2)16-18-11(3)14(22-16)15(20)17-9-12(19(4)5)13-7-6-8-21-13/h6-8,10,12H,9H2,1-5H3,(H,17,20)/t12-/m1/s1. The van der Waals surface area contributed by atoms with Gasteiger partial charge in [-0.2, -0.15) is 0 Å². The average molecular weight is 321 g/mol. The second-order valence-corrected chi connectivity index (χ2v) is 6.86. The van der Waals surface area contributed by atoms with Crippen molar-refractivity contribution in [1.29, 1.82) is 0 Å². The van der Waals surface area contributed by atoms with E-state index in [0.29, 0.717) is 17.3 Å². The first kappa shape index (κ1) is 16.7. The lowest BCUT2D eigenvalue weighted by atomic mass is 10.2. The Morgan fingerprint density at radius 1 is 1.45 bits per heavy atom. The minimum Gasteiger partial charge on any atom is -0.468 e. The van der Waals surface area contributed by atoms with Crippen molar-refractivity contribution in [1.82, 2.24) is 15.2 Å². The highest BCUT2D eigenvalue weighted by Gasteiger charge is 2.21. The Morgan fingerprint density at radius 2 is 2.18 bits per heavy atom. The molecule has 0 aliphatic rings. The first-order valence-corrected chi connectivity index (χ1v) is 8.17. The van der Waals surface area contributed by atoms with Crippen molar-refractivity contribution in [3.05, 3.63) is 39.7 Å². The Morgan fingerprint density at radius 3 is 2.68 bits per heavy atom. The Kier molecular flexibility index (Phi) is 5.37. The third kappa shape index (κ3) is 3.75. The summed E-state index contributed by atoms with van der Waals surface area (Å²) in [6.45, 7) is 6.54. The summed E-state index contributed by atoms with van der Waals surface area (Å²) in [4.78, 5) is 19.6. The number of hydrogen-bond donors (Lipinski definition) is 1. The second kappa shape index (κ2) is 7.07. The number of amides is 1. The maximum Gasteiger partial charge on any atom is 0.263 e. The molecule has 1 N–H and O–H groups in total. The van der Waals surface area contributed by atoms with Crippen molar-refractivity contribution >= 4 is 17.2 Å². The van der Waals surface area contributed by atoms with Crippen molar-refractivity contribution in [3.8, 4) is 0 Å². The zero-order valence-electron chi connectivity index (χ0n) is 13.7. The molecule has 1 amide bonds. The molecule has 0 aliphatic heterocycles. The van der Waals surface area contributed by atoms with E-state index >= 15 is 0 Å². The Hall–Kier alpha value is -1.66. The Balaban J connectivity index is 2.05. The quantitative estimate of drug-likeness (QED) is 0.887. The van der Waals surface area contributed by atoms with Gasteiger partial charge in [-0.1, -0.05) is 13.8 Å². The van der Waals surface area contributed by atoms with Crippen LogP contribution in [0.4, 0.5) is 0 Å². The van der Waals surface area contributed by atoms with Gasteiger partial charge in [-0.3, -0.25) is 9.69 Å². The van der Waals surface area contributed by atoms with Gasteiger partial charge in [0.25, 0.3) is 5.91 Å². The molecule has 0 aliphatic carbocycles. The second-order valence-electron chi connectivity index (χ2n) is 5.83. The summed E-state index contributed by atoms with van der Waals surface area (Å²) in [6, 6.07) is 3.79. The van der Waals surface area contributed by atoms with Gasteiger partial charge >= 0.3 is 0 Å². The van der Waals surface area contributed by atoms with Gasteiger partial charge in [-0.05, 0) is 33.2 Å². The van der Waals surface area contributed by atoms with Crippen molar-refractivity contribution < 1.29 is 9.21 Å². The molecule has 0 spiro atoms. The maximum atomic E-state index is 12.4. The number of aryl methyl sites for hydroxylation is 1. The fourth-order valence-corrected chi connectivity index (χ4v) is 3.15. The molecular weight excluding hydrogens is 298 g/mol. The topological polar surface area (TPSA) is 58.4 Å². The number of carbonyl (C=O) groups excluding carboxylic acids is 1. The summed E-state index contributed by atoms with van der Waals surface area (Å²) in [5, 5.41) is 3.99. The van der Waals surface area contributed by atoms with Gasteiger partial charge in [0.2, 0.25) is 0 Å². The van der Waals surface area contributed by atoms with Crippen molar-refractivity contribution in [2.45, 2.75) is 32.7 Å². The molecule has 2 heterocycles. The van der Waals surface area contributed by atoms with Crippen LogP contribution in [0.15, 0.2) is 22.8 Å². The van der Waals surface area contributed by atoms with E-state index in [0.717, 1.165) is 16.5 Å². The predicted octanol–water partition coefficient (Wildman–Crippen LogP) is 3.20. The molecule has 5 nitrogen and oxygen atoms in total. The molecule has 0 bridgehead atoms. The number of likely N-dealkylation sites (N-methyl/N-ethyl adjacent to an activating group) is 1. The number of carbonyl (C=O) groups is 1. The van der Waals surface area contributed by atoms with Crippen LogP contribution in [-0.4, -0.2) is 36.4 Å². The van der Waals surface area contributed by atoms with Gasteiger partial charge in [0.1, 0.15) is 10.6 Å². The molecule has 0 unspecified atom stereocenters. The predicted molar refractivity (Wildman–Crippen MR) is 88.4 cm³/mol. The van der Waals surface area contributed by atoms with E-state index in [1.54, 1.807) is 6.26 Å². The summed E-state index contributed by atoms with van der Waals surface area (Å²) in [5.74, 6) is 1.11. The highest BCUT2D eigenvalue weighted by atomic mass is 32.1. The minimum atomic E-state index is -0.0692. The van der Waals surface area contributed by atoms with E-state index < -0.39 is 0 Å². The van der Waals surface area contributed by atoms with Crippen LogP contribution in [0.25, 0.3) is 0 Å². The van der Waals surface area contributed by atoms with E-state index in [-0.39, 0.29) is 11.9 Å². The highest BCUT2D eigenvalue weighted by molar-refractivity contribution is 7.13. The van der Waals surface area contributed by atoms with Gasteiger partial charge in [0.05, 0.1) is 23.0 Å². The van der Waals surface area contributed by atoms with Gasteiger partial charge in [-0.25, -0.2) is 4.98 Å². The number of furan rings is 1. The molecule has 0 saturated heterocycles.